The van der Waals surface area contributed by atoms with Gasteiger partial charge in [0, 0.05) is 29.4 Å². The van der Waals surface area contributed by atoms with Gasteiger partial charge in [0.15, 0.2) is 0 Å². The zero-order valence-corrected chi connectivity index (χ0v) is 19.3. The fourth-order valence-corrected chi connectivity index (χ4v) is 3.97. The summed E-state index contributed by atoms with van der Waals surface area (Å²) < 4.78 is 0. The smallest absolute Gasteiger partial charge is 0.242 e. The van der Waals surface area contributed by atoms with Gasteiger partial charge in [-0.05, 0) is 55.3 Å². The van der Waals surface area contributed by atoms with Gasteiger partial charge >= 0.3 is 0 Å². The number of unbranched alkanes of at least 4 members (excludes halogenated alkanes) is 1. The summed E-state index contributed by atoms with van der Waals surface area (Å²) in [5.74, 6) is 0.751. The Morgan fingerprint density at radius 3 is 2.43 bits per heavy atom. The van der Waals surface area contributed by atoms with Gasteiger partial charge in [0.25, 0.3) is 0 Å². The molecule has 0 spiro atoms. The Balaban J connectivity index is 1.93. The van der Waals surface area contributed by atoms with Crippen molar-refractivity contribution >= 4 is 35.2 Å². The molecule has 0 aliphatic rings. The molecular weight excluding hydrogens is 416 g/mol. The molecule has 2 rings (SSSR count). The Labute approximate surface area is 189 Å². The average Bonchev–Trinajstić information content (AvgIpc) is 2.76. The molecule has 2 aromatic rings. The molecule has 2 aromatic carbocycles. The van der Waals surface area contributed by atoms with Crippen molar-refractivity contribution in [3.63, 3.8) is 0 Å². The summed E-state index contributed by atoms with van der Waals surface area (Å²) in [5, 5.41) is 3.67. The number of amides is 2. The van der Waals surface area contributed by atoms with E-state index in [2.05, 4.69) is 12.2 Å². The van der Waals surface area contributed by atoms with Gasteiger partial charge in [0.05, 0.1) is 0 Å². The lowest BCUT2D eigenvalue weighted by atomic mass is 10.1. The van der Waals surface area contributed by atoms with E-state index >= 15 is 0 Å². The molecule has 0 aliphatic carbocycles. The summed E-state index contributed by atoms with van der Waals surface area (Å²) in [4.78, 5) is 28.4. The molecule has 0 fully saturated rings. The normalized spacial score (nSPS) is 11.7. The maximum absolute atomic E-state index is 13.0. The topological polar surface area (TPSA) is 49.4 Å². The molecule has 162 valence electrons. The number of hydrogen-bond donors (Lipinski definition) is 1. The maximum Gasteiger partial charge on any atom is 0.242 e. The van der Waals surface area contributed by atoms with Crippen molar-refractivity contribution in [3.05, 3.63) is 65.2 Å². The monoisotopic (exact) mass is 446 g/mol. The van der Waals surface area contributed by atoms with E-state index in [4.69, 9.17) is 11.6 Å². The molecule has 1 atom stereocenters. The van der Waals surface area contributed by atoms with Crippen LogP contribution in [0.1, 0.15) is 45.1 Å². The standard InChI is InChI=1S/C24H31ClN2O2S/c1-3-4-16-26-24(29)19(2)27(18-20-9-6-5-7-10-20)23(28)11-8-17-30-22-14-12-21(25)13-15-22/h5-7,9-10,12-15,19H,3-4,8,11,16-18H2,1-2H3,(H,26,29)/t19-/m1/s1. The highest BCUT2D eigenvalue weighted by molar-refractivity contribution is 7.99. The van der Waals surface area contributed by atoms with E-state index in [-0.39, 0.29) is 11.8 Å². The molecule has 0 radical (unpaired) electrons. The van der Waals surface area contributed by atoms with Crippen LogP contribution in [0.25, 0.3) is 0 Å². The number of nitrogens with zero attached hydrogens (tertiary/aromatic N) is 1. The predicted octanol–water partition coefficient (Wildman–Crippen LogP) is 5.55. The third-order valence-electron chi connectivity index (χ3n) is 4.81. The van der Waals surface area contributed by atoms with Crippen LogP contribution in [0, 0.1) is 0 Å². The van der Waals surface area contributed by atoms with E-state index < -0.39 is 6.04 Å². The Morgan fingerprint density at radius 1 is 1.07 bits per heavy atom. The van der Waals surface area contributed by atoms with Crippen LogP contribution >= 0.6 is 23.4 Å². The predicted molar refractivity (Wildman–Crippen MR) is 126 cm³/mol. The second-order valence-corrected chi connectivity index (χ2v) is 8.84. The lowest BCUT2D eigenvalue weighted by molar-refractivity contribution is -0.140. The van der Waals surface area contributed by atoms with Crippen LogP contribution in [0.4, 0.5) is 0 Å². The van der Waals surface area contributed by atoms with Crippen LogP contribution in [0.3, 0.4) is 0 Å². The van der Waals surface area contributed by atoms with Gasteiger partial charge in [0.2, 0.25) is 11.8 Å². The molecule has 0 heterocycles. The lowest BCUT2D eigenvalue weighted by Gasteiger charge is -2.29. The number of thioether (sulfide) groups is 1. The minimum absolute atomic E-state index is 0.00806. The van der Waals surface area contributed by atoms with E-state index in [1.807, 2.05) is 61.5 Å². The number of nitrogens with one attached hydrogen (secondary N) is 1. The van der Waals surface area contributed by atoms with E-state index in [0.717, 1.165) is 40.5 Å². The number of hydrogen-bond acceptors (Lipinski definition) is 3. The summed E-state index contributed by atoms with van der Waals surface area (Å²) in [6, 6.07) is 17.0. The third kappa shape index (κ3) is 8.41. The fourth-order valence-electron chi connectivity index (χ4n) is 2.99. The molecule has 4 nitrogen and oxygen atoms in total. The van der Waals surface area contributed by atoms with Crippen molar-refractivity contribution in [1.29, 1.82) is 0 Å². The van der Waals surface area contributed by atoms with Gasteiger partial charge in [-0.2, -0.15) is 0 Å². The third-order valence-corrected chi connectivity index (χ3v) is 6.16. The molecule has 30 heavy (non-hydrogen) atoms. The van der Waals surface area contributed by atoms with Crippen LogP contribution in [0.15, 0.2) is 59.5 Å². The van der Waals surface area contributed by atoms with Crippen molar-refractivity contribution in [2.24, 2.45) is 0 Å². The Kier molecular flexibility index (Phi) is 10.8. The Bertz CT molecular complexity index is 784. The van der Waals surface area contributed by atoms with Gasteiger partial charge in [-0.3, -0.25) is 9.59 Å². The molecule has 0 saturated heterocycles. The number of halogens is 1. The molecular formula is C24H31ClN2O2S. The zero-order chi connectivity index (χ0) is 21.8. The van der Waals surface area contributed by atoms with E-state index in [9.17, 15) is 9.59 Å². The molecule has 6 heteroatoms. The first kappa shape index (κ1) is 24.3. The van der Waals surface area contributed by atoms with Crippen LogP contribution in [0.5, 0.6) is 0 Å². The minimum atomic E-state index is -0.501. The Morgan fingerprint density at radius 2 is 1.77 bits per heavy atom. The van der Waals surface area contributed by atoms with E-state index in [1.165, 1.54) is 0 Å². The van der Waals surface area contributed by atoms with Gasteiger partial charge in [0.1, 0.15) is 6.04 Å². The zero-order valence-electron chi connectivity index (χ0n) is 17.8. The van der Waals surface area contributed by atoms with Crippen molar-refractivity contribution in [1.82, 2.24) is 10.2 Å². The van der Waals surface area contributed by atoms with Crippen LogP contribution < -0.4 is 5.32 Å². The number of rotatable bonds is 12. The van der Waals surface area contributed by atoms with Crippen LogP contribution in [-0.4, -0.2) is 35.1 Å². The SMILES string of the molecule is CCCCNC(=O)[C@@H](C)N(Cc1ccccc1)C(=O)CCCSc1ccc(Cl)cc1. The van der Waals surface area contributed by atoms with Crippen molar-refractivity contribution in [2.45, 2.75) is 57.0 Å². The average molecular weight is 447 g/mol. The molecule has 2 amide bonds. The molecule has 1 N–H and O–H groups in total. The largest absolute Gasteiger partial charge is 0.354 e. The summed E-state index contributed by atoms with van der Waals surface area (Å²) >= 11 is 7.63. The highest BCUT2D eigenvalue weighted by Crippen LogP contribution is 2.22. The first-order chi connectivity index (χ1) is 14.5. The molecule has 0 saturated carbocycles. The summed E-state index contributed by atoms with van der Waals surface area (Å²) in [6.45, 7) is 4.98. The second-order valence-electron chi connectivity index (χ2n) is 7.23. The first-order valence-corrected chi connectivity index (χ1v) is 11.9. The van der Waals surface area contributed by atoms with Crippen molar-refractivity contribution in [3.8, 4) is 0 Å². The summed E-state index contributed by atoms with van der Waals surface area (Å²) in [5.41, 5.74) is 1.02. The van der Waals surface area contributed by atoms with Gasteiger partial charge < -0.3 is 10.2 Å². The molecule has 0 bridgehead atoms. The molecule has 0 unspecified atom stereocenters. The van der Waals surface area contributed by atoms with Crippen LogP contribution in [-0.2, 0) is 16.1 Å². The maximum atomic E-state index is 13.0. The van der Waals surface area contributed by atoms with E-state index in [1.54, 1.807) is 16.7 Å². The number of carbonyl (C=O) groups excluding carboxylic acids is 2. The quantitative estimate of drug-likeness (QED) is 0.343. The van der Waals surface area contributed by atoms with Crippen molar-refractivity contribution in [2.75, 3.05) is 12.3 Å². The van der Waals surface area contributed by atoms with E-state index in [0.29, 0.717) is 19.5 Å². The van der Waals surface area contributed by atoms with Gasteiger partial charge in [-0.15, -0.1) is 11.8 Å². The van der Waals surface area contributed by atoms with Crippen molar-refractivity contribution < 1.29 is 9.59 Å². The summed E-state index contributed by atoms with van der Waals surface area (Å²) in [6.07, 6.45) is 3.13. The minimum Gasteiger partial charge on any atom is -0.354 e. The second kappa shape index (κ2) is 13.3. The number of carbonyl (C=O) groups is 2. The Hall–Kier alpha value is -1.98. The fraction of sp³-hybridized carbons (Fsp3) is 0.417. The summed E-state index contributed by atoms with van der Waals surface area (Å²) in [7, 11) is 0. The first-order valence-electron chi connectivity index (χ1n) is 10.5. The van der Waals surface area contributed by atoms with Gasteiger partial charge in [-0.25, -0.2) is 0 Å². The lowest BCUT2D eigenvalue weighted by Crippen LogP contribution is -2.47. The molecule has 0 aromatic heterocycles. The highest BCUT2D eigenvalue weighted by atomic mass is 35.5. The highest BCUT2D eigenvalue weighted by Gasteiger charge is 2.25. The molecule has 0 aliphatic heterocycles. The van der Waals surface area contributed by atoms with Crippen LogP contribution in [0.2, 0.25) is 5.02 Å². The number of benzene rings is 2. The van der Waals surface area contributed by atoms with Gasteiger partial charge in [-0.1, -0.05) is 55.3 Å².